The van der Waals surface area contributed by atoms with Gasteiger partial charge in [0.05, 0.1) is 7.11 Å². The third-order valence-corrected chi connectivity index (χ3v) is 2.98. The molecular weight excluding hydrogens is 273 g/mol. The maximum absolute atomic E-state index is 9.41. The van der Waals surface area contributed by atoms with Gasteiger partial charge in [0.2, 0.25) is 0 Å². The zero-order valence-corrected chi connectivity index (χ0v) is 12.1. The molecule has 1 heterocycles. The fourth-order valence-corrected chi connectivity index (χ4v) is 1.93. The quantitative estimate of drug-likeness (QED) is 0.696. The lowest BCUT2D eigenvalue weighted by molar-refractivity contribution is 0.286. The summed E-state index contributed by atoms with van der Waals surface area (Å²) in [7, 11) is -0.125. The van der Waals surface area contributed by atoms with Gasteiger partial charge >= 0.3 is 7.12 Å². The van der Waals surface area contributed by atoms with Crippen LogP contribution in [0.3, 0.4) is 0 Å². The highest BCUT2D eigenvalue weighted by Gasteiger charge is 2.19. The molecule has 8 heteroatoms. The molecule has 7 nitrogen and oxygen atoms in total. The van der Waals surface area contributed by atoms with Crippen LogP contribution >= 0.6 is 0 Å². The predicted molar refractivity (Wildman–Crippen MR) is 77.5 cm³/mol. The number of aryl methyl sites for hydroxylation is 1. The molecule has 0 fully saturated rings. The van der Waals surface area contributed by atoms with Gasteiger partial charge in [0.15, 0.2) is 5.82 Å². The lowest BCUT2D eigenvalue weighted by Crippen LogP contribution is -2.31. The van der Waals surface area contributed by atoms with Crippen LogP contribution in [0, 0.1) is 0 Å². The van der Waals surface area contributed by atoms with Gasteiger partial charge in [0, 0.05) is 12.0 Å². The van der Waals surface area contributed by atoms with Gasteiger partial charge in [0.25, 0.3) is 0 Å². The van der Waals surface area contributed by atoms with E-state index in [-0.39, 0.29) is 12.1 Å². The third-order valence-electron chi connectivity index (χ3n) is 2.98. The summed E-state index contributed by atoms with van der Waals surface area (Å²) in [6, 6.07) is 4.85. The number of hydrogen-bond acceptors (Lipinski definition) is 6. The first-order valence-corrected chi connectivity index (χ1v) is 6.69. The van der Waals surface area contributed by atoms with E-state index in [0.717, 1.165) is 13.0 Å². The maximum Gasteiger partial charge on any atom is 0.492 e. The zero-order valence-electron chi connectivity index (χ0n) is 12.1. The van der Waals surface area contributed by atoms with E-state index in [1.807, 2.05) is 0 Å². The molecule has 2 rings (SSSR count). The molecule has 0 radical (unpaired) electrons. The second-order valence-electron chi connectivity index (χ2n) is 4.47. The van der Waals surface area contributed by atoms with Crippen LogP contribution in [-0.4, -0.2) is 39.0 Å². The highest BCUT2D eigenvalue weighted by molar-refractivity contribution is 6.59. The Morgan fingerprint density at radius 1 is 1.33 bits per heavy atom. The van der Waals surface area contributed by atoms with E-state index >= 15 is 0 Å². The number of hydrogen-bond donors (Lipinski definition) is 2. The average molecular weight is 291 g/mol. The monoisotopic (exact) mass is 291 g/mol. The predicted octanol–water partition coefficient (Wildman–Crippen LogP) is -0.0445. The summed E-state index contributed by atoms with van der Waals surface area (Å²) < 4.78 is 12.5. The van der Waals surface area contributed by atoms with E-state index in [2.05, 4.69) is 17.0 Å². The summed E-state index contributed by atoms with van der Waals surface area (Å²) in [5, 5.41) is 22.9. The van der Waals surface area contributed by atoms with Crippen LogP contribution in [0.15, 0.2) is 24.5 Å². The number of aromatic nitrogens is 3. The molecule has 0 saturated heterocycles. The summed E-state index contributed by atoms with van der Waals surface area (Å²) in [6.07, 6.45) is 2.42. The first-order chi connectivity index (χ1) is 10.2. The van der Waals surface area contributed by atoms with Crippen molar-refractivity contribution >= 4 is 12.6 Å². The van der Waals surface area contributed by atoms with Crippen molar-refractivity contribution in [1.29, 1.82) is 0 Å². The van der Waals surface area contributed by atoms with Gasteiger partial charge in [-0.15, -0.1) is 0 Å². The molecule has 1 aromatic carbocycles. The Balaban J connectivity index is 2.14. The van der Waals surface area contributed by atoms with Gasteiger partial charge in [-0.3, -0.25) is 0 Å². The Bertz CT molecular complexity index is 589. The second kappa shape index (κ2) is 7.10. The van der Waals surface area contributed by atoms with Crippen molar-refractivity contribution in [3.8, 4) is 11.5 Å². The molecule has 112 valence electrons. The lowest BCUT2D eigenvalue weighted by Gasteiger charge is -2.12. The van der Waals surface area contributed by atoms with Gasteiger partial charge in [-0.05, 0) is 24.6 Å². The van der Waals surface area contributed by atoms with Crippen molar-refractivity contribution in [2.45, 2.75) is 26.5 Å². The number of nitrogens with zero attached hydrogens (tertiary/aromatic N) is 3. The van der Waals surface area contributed by atoms with E-state index in [1.165, 1.54) is 19.5 Å². The van der Waals surface area contributed by atoms with Gasteiger partial charge in [-0.25, -0.2) is 9.67 Å². The summed E-state index contributed by atoms with van der Waals surface area (Å²) in [6.45, 7) is 3.01. The molecule has 0 spiro atoms. The number of rotatable bonds is 7. The van der Waals surface area contributed by atoms with Gasteiger partial charge in [-0.1, -0.05) is 6.92 Å². The van der Waals surface area contributed by atoms with E-state index in [0.29, 0.717) is 17.3 Å². The second-order valence-corrected chi connectivity index (χ2v) is 4.47. The fraction of sp³-hybridized carbons (Fsp3) is 0.385. The van der Waals surface area contributed by atoms with Crippen molar-refractivity contribution < 1.29 is 19.5 Å². The topological polar surface area (TPSA) is 89.6 Å². The van der Waals surface area contributed by atoms with Crippen molar-refractivity contribution in [2.24, 2.45) is 0 Å². The summed E-state index contributed by atoms with van der Waals surface area (Å²) in [4.78, 5) is 4.14. The zero-order chi connectivity index (χ0) is 15.2. The Labute approximate surface area is 123 Å². The Hall–Kier alpha value is -2.06. The minimum Gasteiger partial charge on any atom is -0.497 e. The van der Waals surface area contributed by atoms with Crippen molar-refractivity contribution in [3.05, 3.63) is 30.4 Å². The van der Waals surface area contributed by atoms with Crippen LogP contribution in [0.2, 0.25) is 0 Å². The number of benzene rings is 1. The van der Waals surface area contributed by atoms with Crippen molar-refractivity contribution in [3.63, 3.8) is 0 Å². The smallest absolute Gasteiger partial charge is 0.492 e. The molecule has 0 aliphatic rings. The molecule has 1 aromatic heterocycles. The lowest BCUT2D eigenvalue weighted by atomic mass is 9.79. The molecule has 0 aliphatic heterocycles. The highest BCUT2D eigenvalue weighted by Crippen LogP contribution is 2.16. The molecular formula is C13H18BN3O4. The van der Waals surface area contributed by atoms with Crippen LogP contribution in [0.25, 0.3) is 0 Å². The molecule has 0 saturated carbocycles. The Morgan fingerprint density at radius 3 is 2.81 bits per heavy atom. The maximum atomic E-state index is 9.41. The average Bonchev–Trinajstić information content (AvgIpc) is 2.92. The molecule has 2 aromatic rings. The number of methoxy groups -OCH3 is 1. The summed E-state index contributed by atoms with van der Waals surface area (Å²) >= 11 is 0. The highest BCUT2D eigenvalue weighted by atomic mass is 16.5. The van der Waals surface area contributed by atoms with E-state index in [4.69, 9.17) is 9.47 Å². The molecule has 0 amide bonds. The number of ether oxygens (including phenoxy) is 2. The molecule has 0 unspecified atom stereocenters. The fourth-order valence-electron chi connectivity index (χ4n) is 1.93. The Morgan fingerprint density at radius 2 is 2.14 bits per heavy atom. The Kier molecular flexibility index (Phi) is 5.18. The minimum absolute atomic E-state index is 0.200. The van der Waals surface area contributed by atoms with Crippen LogP contribution < -0.4 is 14.9 Å². The first kappa shape index (κ1) is 15.3. The normalized spacial score (nSPS) is 10.5. The molecule has 0 atom stereocenters. The third kappa shape index (κ3) is 3.74. The molecule has 0 bridgehead atoms. The van der Waals surface area contributed by atoms with Crippen LogP contribution in [-0.2, 0) is 13.2 Å². The van der Waals surface area contributed by atoms with E-state index < -0.39 is 7.12 Å². The first-order valence-electron chi connectivity index (χ1n) is 6.69. The molecule has 0 aliphatic carbocycles. The van der Waals surface area contributed by atoms with Crippen LogP contribution in [0.4, 0.5) is 0 Å². The van der Waals surface area contributed by atoms with Gasteiger partial charge in [0.1, 0.15) is 24.4 Å². The van der Waals surface area contributed by atoms with E-state index in [1.54, 1.807) is 16.8 Å². The standard InChI is InChI=1S/C13H18BN3O4/c1-3-6-17-13(15-9-16-17)8-21-12-5-4-10(20-2)7-11(12)14(18)19/h4-5,7,9,18-19H,3,6,8H2,1-2H3. The summed E-state index contributed by atoms with van der Waals surface area (Å²) in [5.74, 6) is 1.59. The van der Waals surface area contributed by atoms with Crippen LogP contribution in [0.5, 0.6) is 11.5 Å². The van der Waals surface area contributed by atoms with Crippen LogP contribution in [0.1, 0.15) is 19.2 Å². The van der Waals surface area contributed by atoms with Gasteiger partial charge < -0.3 is 19.5 Å². The summed E-state index contributed by atoms with van der Waals surface area (Å²) in [5.41, 5.74) is 0.246. The SMILES string of the molecule is CCCn1ncnc1COc1ccc(OC)cc1B(O)O. The largest absolute Gasteiger partial charge is 0.497 e. The molecule has 2 N–H and O–H groups in total. The van der Waals surface area contributed by atoms with Crippen molar-refractivity contribution in [2.75, 3.05) is 7.11 Å². The molecule has 21 heavy (non-hydrogen) atoms. The van der Waals surface area contributed by atoms with Gasteiger partial charge in [-0.2, -0.15) is 5.10 Å². The van der Waals surface area contributed by atoms with Crippen molar-refractivity contribution in [1.82, 2.24) is 14.8 Å². The minimum atomic E-state index is -1.64. The van der Waals surface area contributed by atoms with E-state index in [9.17, 15) is 10.0 Å².